The van der Waals surface area contributed by atoms with Crippen LogP contribution < -0.4 is 0 Å². The maximum absolute atomic E-state index is 12.3. The topological polar surface area (TPSA) is 248 Å². The Kier molecular flexibility index (Phi) is 16.2. The SMILES string of the molecule is CCOC(=O)c1nn(-c2ccccc2)c(O)c1C=Nc1cc(CS(=O)[O-])ccc1O.CCc1nn(-c2ccccc2)c(O)c1C=Nc1cc(CS(=O)[O-])ccc1O.[Cr]. The zero-order valence-electron chi connectivity index (χ0n) is 30.9. The molecule has 2 atom stereocenters. The summed E-state index contributed by atoms with van der Waals surface area (Å²) in [7, 11) is 0. The Morgan fingerprint density at radius 1 is 0.707 bits per heavy atom. The van der Waals surface area contributed by atoms with Gasteiger partial charge in [0.15, 0.2) is 5.69 Å². The molecule has 16 nitrogen and oxygen atoms in total. The summed E-state index contributed by atoms with van der Waals surface area (Å²) in [5, 5.41) is 49.8. The number of rotatable bonds is 13. The van der Waals surface area contributed by atoms with Gasteiger partial charge in [-0.3, -0.25) is 18.4 Å². The summed E-state index contributed by atoms with van der Waals surface area (Å²) in [4.78, 5) is 20.7. The summed E-state index contributed by atoms with van der Waals surface area (Å²) in [5.74, 6) is -1.83. The zero-order valence-corrected chi connectivity index (χ0v) is 33.8. The van der Waals surface area contributed by atoms with Gasteiger partial charge in [-0.1, -0.05) is 77.6 Å². The van der Waals surface area contributed by atoms with Crippen LogP contribution in [0.1, 0.15) is 52.3 Å². The van der Waals surface area contributed by atoms with Crippen LogP contribution in [0.4, 0.5) is 11.4 Å². The average Bonchev–Trinajstić information content (AvgIpc) is 3.70. The molecule has 4 aromatic carbocycles. The first-order valence-corrected chi connectivity index (χ1v) is 19.6. The van der Waals surface area contributed by atoms with Gasteiger partial charge in [-0.25, -0.2) is 9.48 Å². The molecule has 0 bridgehead atoms. The van der Waals surface area contributed by atoms with E-state index in [0.717, 1.165) is 0 Å². The summed E-state index contributed by atoms with van der Waals surface area (Å²) in [5.41, 5.74) is 3.38. The number of carbonyl (C=O) groups is 1. The van der Waals surface area contributed by atoms with Gasteiger partial charge in [-0.15, -0.1) is 0 Å². The molecule has 58 heavy (non-hydrogen) atoms. The normalized spacial score (nSPS) is 12.1. The molecule has 0 aliphatic heterocycles. The van der Waals surface area contributed by atoms with E-state index in [4.69, 9.17) is 4.74 Å². The van der Waals surface area contributed by atoms with Crippen molar-refractivity contribution in [3.63, 3.8) is 0 Å². The summed E-state index contributed by atoms with van der Waals surface area (Å²) in [6, 6.07) is 26.5. The number of phenols is 2. The van der Waals surface area contributed by atoms with Gasteiger partial charge >= 0.3 is 5.97 Å². The third-order valence-electron chi connectivity index (χ3n) is 7.99. The molecule has 19 heteroatoms. The fraction of sp³-hybridized carbons (Fsp3) is 0.154. The van der Waals surface area contributed by atoms with Crippen LogP contribution in [0.2, 0.25) is 0 Å². The molecule has 0 fully saturated rings. The van der Waals surface area contributed by atoms with Crippen molar-refractivity contribution in [3.05, 3.63) is 131 Å². The number of aryl methyl sites for hydroxylation is 1. The van der Waals surface area contributed by atoms with Crippen molar-refractivity contribution in [2.45, 2.75) is 31.8 Å². The number of aromatic hydroxyl groups is 4. The Morgan fingerprint density at radius 2 is 1.16 bits per heavy atom. The van der Waals surface area contributed by atoms with Gasteiger partial charge in [0.25, 0.3) is 0 Å². The molecule has 2 heterocycles. The molecule has 0 saturated heterocycles. The van der Waals surface area contributed by atoms with Crippen LogP contribution in [0.15, 0.2) is 107 Å². The molecular formula is C39H36CrN6O10S2-2. The summed E-state index contributed by atoms with van der Waals surface area (Å²) in [6.45, 7) is 3.67. The molecule has 2 aromatic heterocycles. The van der Waals surface area contributed by atoms with E-state index in [1.807, 2.05) is 37.3 Å². The predicted molar refractivity (Wildman–Crippen MR) is 212 cm³/mol. The second kappa shape index (κ2) is 21.0. The number of carbonyl (C=O) groups excluding carboxylic acids is 1. The molecule has 302 valence electrons. The third-order valence-corrected chi connectivity index (χ3v) is 9.13. The van der Waals surface area contributed by atoms with Crippen molar-refractivity contribution in [2.75, 3.05) is 6.61 Å². The zero-order chi connectivity index (χ0) is 41.1. The van der Waals surface area contributed by atoms with Crippen molar-refractivity contribution in [3.8, 4) is 34.6 Å². The fourth-order valence-electron chi connectivity index (χ4n) is 5.31. The second-order valence-corrected chi connectivity index (χ2v) is 13.7. The first kappa shape index (κ1) is 44.8. The first-order chi connectivity index (χ1) is 27.4. The van der Waals surface area contributed by atoms with E-state index >= 15 is 0 Å². The molecule has 0 aliphatic rings. The van der Waals surface area contributed by atoms with Crippen LogP contribution in [-0.2, 0) is 62.2 Å². The molecule has 2 unspecified atom stereocenters. The largest absolute Gasteiger partial charge is 0.772 e. The van der Waals surface area contributed by atoms with Crippen LogP contribution in [0.25, 0.3) is 11.4 Å². The molecule has 0 spiro atoms. The smallest absolute Gasteiger partial charge is 0.359 e. The number of phenolic OH excluding ortho intramolecular Hbond substituents is 2. The van der Waals surface area contributed by atoms with E-state index in [1.54, 1.807) is 37.3 Å². The Labute approximate surface area is 348 Å². The van der Waals surface area contributed by atoms with Gasteiger partial charge in [0.2, 0.25) is 11.8 Å². The number of aliphatic imine (C=N–C) groups is 2. The quantitative estimate of drug-likeness (QED) is 0.0633. The van der Waals surface area contributed by atoms with Crippen molar-refractivity contribution in [1.29, 1.82) is 0 Å². The molecule has 0 aliphatic carbocycles. The van der Waals surface area contributed by atoms with E-state index in [-0.39, 0.29) is 81.4 Å². The number of benzene rings is 4. The standard InChI is InChI=1S/C20H19N3O6S.C19H19N3O4S.Cr/c1-2-29-20(26)18-15(19(25)23(22-18)14-6-4-3-5-7-14)11-21-16-10-13(12-30(27)28)8-9-17(16)24;1-2-16-15(19(24)22(21-16)14-6-4-3-5-7-14)11-20-17-10-13(12-27(25)26)8-9-18(17)23;/h3-11,24-25H,2,12H2,1H3,(H,27,28);3-11,23-24H,2,12H2,1H3,(H,25,26);/p-2. The van der Waals surface area contributed by atoms with Gasteiger partial charge < -0.3 is 34.3 Å². The van der Waals surface area contributed by atoms with Gasteiger partial charge in [0, 0.05) is 41.3 Å². The number of esters is 1. The predicted octanol–water partition coefficient (Wildman–Crippen LogP) is 5.56. The average molecular weight is 865 g/mol. The van der Waals surface area contributed by atoms with Crippen molar-refractivity contribution in [1.82, 2.24) is 19.6 Å². The Morgan fingerprint density at radius 3 is 1.60 bits per heavy atom. The van der Waals surface area contributed by atoms with Crippen molar-refractivity contribution >= 4 is 51.9 Å². The summed E-state index contributed by atoms with van der Waals surface area (Å²) >= 11 is -4.54. The van der Waals surface area contributed by atoms with E-state index in [2.05, 4.69) is 20.2 Å². The monoisotopic (exact) mass is 864 g/mol. The number of ether oxygens (including phenoxy) is 1. The number of aromatic nitrogens is 4. The van der Waals surface area contributed by atoms with Crippen LogP contribution in [0.3, 0.4) is 0 Å². The minimum Gasteiger partial charge on any atom is -0.772 e. The Balaban J connectivity index is 0.000000254. The summed E-state index contributed by atoms with van der Waals surface area (Å²) in [6.07, 6.45) is 3.17. The fourth-order valence-corrected chi connectivity index (χ4v) is 6.22. The third kappa shape index (κ3) is 11.3. The summed E-state index contributed by atoms with van der Waals surface area (Å²) < 4.78 is 51.2. The van der Waals surface area contributed by atoms with Gasteiger partial charge in [0.05, 0.1) is 34.8 Å². The molecule has 6 aromatic rings. The van der Waals surface area contributed by atoms with Gasteiger partial charge in [0.1, 0.15) is 22.9 Å². The minimum atomic E-state index is -2.30. The van der Waals surface area contributed by atoms with Crippen molar-refractivity contribution in [2.24, 2.45) is 9.98 Å². The van der Waals surface area contributed by atoms with Crippen LogP contribution in [0.5, 0.6) is 23.3 Å². The minimum absolute atomic E-state index is 0. The number of hydrogen-bond donors (Lipinski definition) is 4. The maximum Gasteiger partial charge on any atom is 0.359 e. The molecular weight excluding hydrogens is 829 g/mol. The van der Waals surface area contributed by atoms with Crippen molar-refractivity contribution < 1.29 is 64.8 Å². The molecule has 4 N–H and O–H groups in total. The molecule has 0 amide bonds. The Hall–Kier alpha value is -5.94. The maximum atomic E-state index is 12.3. The van der Waals surface area contributed by atoms with Crippen LogP contribution in [-0.4, -0.2) is 82.5 Å². The van der Waals surface area contributed by atoms with Gasteiger partial charge in [-0.05, 0) is 73.0 Å². The number of hydrogen-bond acceptors (Lipinski definition) is 14. The first-order valence-electron chi connectivity index (χ1n) is 17.1. The van der Waals surface area contributed by atoms with Gasteiger partial charge in [-0.2, -0.15) is 14.9 Å². The van der Waals surface area contributed by atoms with Crippen LogP contribution in [0, 0.1) is 0 Å². The van der Waals surface area contributed by atoms with E-state index in [1.165, 1.54) is 58.2 Å². The van der Waals surface area contributed by atoms with E-state index in [0.29, 0.717) is 40.2 Å². The molecule has 0 radical (unpaired) electrons. The van der Waals surface area contributed by atoms with E-state index in [9.17, 15) is 42.7 Å². The van der Waals surface area contributed by atoms with E-state index < -0.39 is 28.1 Å². The number of nitrogens with zero attached hydrogens (tertiary/aromatic N) is 6. The Bertz CT molecular complexity index is 2460. The molecule has 0 saturated carbocycles. The number of para-hydroxylation sites is 2. The molecule has 6 rings (SSSR count). The second-order valence-electron chi connectivity index (χ2n) is 11.9. The van der Waals surface area contributed by atoms with Crippen LogP contribution >= 0.6 is 0 Å².